The molecule has 0 saturated carbocycles. The fourth-order valence-electron chi connectivity index (χ4n) is 5.76. The lowest BCUT2D eigenvalue weighted by molar-refractivity contribution is -0.124. The SMILES string of the molecule is CCN1CC(NC(=O)c2sc3c(N)ccc4c3c2C(N)C(=O)C4(N)c2ccc(Oc3ccccc3)cc2C)C1. The zero-order valence-electron chi connectivity index (χ0n) is 21.9. The van der Waals surface area contributed by atoms with Gasteiger partial charge in [-0.15, -0.1) is 11.3 Å². The van der Waals surface area contributed by atoms with Crippen molar-refractivity contribution >= 4 is 38.8 Å². The molecule has 2 aliphatic rings. The van der Waals surface area contributed by atoms with Crippen molar-refractivity contribution in [2.75, 3.05) is 25.4 Å². The molecule has 1 aliphatic heterocycles. The number of nitrogen functional groups attached to an aromatic ring is 1. The zero-order valence-corrected chi connectivity index (χ0v) is 22.7. The molecule has 2 atom stereocenters. The molecule has 0 spiro atoms. The van der Waals surface area contributed by atoms with Crippen LogP contribution in [0.3, 0.4) is 0 Å². The van der Waals surface area contributed by atoms with E-state index in [4.69, 9.17) is 21.9 Å². The number of anilines is 1. The van der Waals surface area contributed by atoms with Gasteiger partial charge in [0.05, 0.1) is 21.7 Å². The number of likely N-dealkylation sites (tertiary alicyclic amines) is 1. The van der Waals surface area contributed by atoms with E-state index in [1.807, 2.05) is 49.4 Å². The highest BCUT2D eigenvalue weighted by Crippen LogP contribution is 2.50. The molecule has 1 amide bonds. The van der Waals surface area contributed by atoms with Gasteiger partial charge in [-0.2, -0.15) is 0 Å². The Bertz CT molecular complexity index is 1610. The first-order valence-electron chi connectivity index (χ1n) is 13.0. The lowest BCUT2D eigenvalue weighted by Crippen LogP contribution is -2.59. The van der Waals surface area contributed by atoms with Crippen molar-refractivity contribution in [3.63, 3.8) is 0 Å². The monoisotopic (exact) mass is 541 g/mol. The molecule has 0 bridgehead atoms. The molecule has 7 N–H and O–H groups in total. The van der Waals surface area contributed by atoms with Crippen LogP contribution in [0.25, 0.3) is 10.1 Å². The summed E-state index contributed by atoms with van der Waals surface area (Å²) in [4.78, 5) is 30.1. The summed E-state index contributed by atoms with van der Waals surface area (Å²) in [5.41, 5.74) is 21.6. The van der Waals surface area contributed by atoms with E-state index >= 15 is 0 Å². The molecule has 200 valence electrons. The van der Waals surface area contributed by atoms with E-state index < -0.39 is 11.6 Å². The standard InChI is InChI=1S/C30H31N5O3S/c1-3-35-14-17(15-35)34-29(37)27-24-23-21(11-12-22(31)26(23)39-27)30(33,28(36)25(24)32)20-10-9-19(13-16(20)2)38-18-7-5-4-6-8-18/h4-13,17,25H,3,14-15,31-33H2,1-2H3,(H,34,37). The lowest BCUT2D eigenvalue weighted by Gasteiger charge is -2.39. The first kappa shape index (κ1) is 25.5. The maximum Gasteiger partial charge on any atom is 0.262 e. The molecule has 6 rings (SSSR count). The summed E-state index contributed by atoms with van der Waals surface area (Å²) < 4.78 is 6.71. The number of amides is 1. The Kier molecular flexibility index (Phi) is 6.19. The van der Waals surface area contributed by atoms with Gasteiger partial charge in [0.2, 0.25) is 0 Å². The number of aryl methyl sites for hydroxylation is 1. The minimum absolute atomic E-state index is 0.0649. The van der Waals surface area contributed by atoms with Crippen molar-refractivity contribution in [3.05, 3.63) is 87.8 Å². The third-order valence-corrected chi connectivity index (χ3v) is 9.11. The molecule has 1 saturated heterocycles. The molecule has 4 aromatic rings. The molecule has 3 aromatic carbocycles. The molecule has 9 heteroatoms. The first-order chi connectivity index (χ1) is 18.7. The molecule has 1 aromatic heterocycles. The number of carbonyl (C=O) groups is 2. The van der Waals surface area contributed by atoms with Gasteiger partial charge in [0, 0.05) is 29.7 Å². The summed E-state index contributed by atoms with van der Waals surface area (Å²) in [6, 6.07) is 17.5. The van der Waals surface area contributed by atoms with Crippen LogP contribution in [0.5, 0.6) is 11.5 Å². The highest BCUT2D eigenvalue weighted by Gasteiger charge is 2.49. The van der Waals surface area contributed by atoms with Gasteiger partial charge in [-0.25, -0.2) is 0 Å². The second kappa shape index (κ2) is 9.46. The predicted molar refractivity (Wildman–Crippen MR) is 154 cm³/mol. The van der Waals surface area contributed by atoms with E-state index in [-0.39, 0.29) is 17.7 Å². The van der Waals surface area contributed by atoms with Crippen LogP contribution in [-0.4, -0.2) is 42.3 Å². The number of ketones is 1. The van der Waals surface area contributed by atoms with Crippen molar-refractivity contribution in [2.24, 2.45) is 11.5 Å². The van der Waals surface area contributed by atoms with E-state index in [2.05, 4.69) is 17.1 Å². The van der Waals surface area contributed by atoms with Gasteiger partial charge < -0.3 is 27.3 Å². The lowest BCUT2D eigenvalue weighted by atomic mass is 9.69. The highest BCUT2D eigenvalue weighted by atomic mass is 32.1. The van der Waals surface area contributed by atoms with Gasteiger partial charge >= 0.3 is 0 Å². The minimum Gasteiger partial charge on any atom is -0.457 e. The second-order valence-electron chi connectivity index (χ2n) is 10.3. The number of nitrogens with zero attached hydrogens (tertiary/aromatic N) is 1. The van der Waals surface area contributed by atoms with Crippen LogP contribution in [0.4, 0.5) is 5.69 Å². The maximum atomic E-state index is 14.1. The number of hydrogen-bond donors (Lipinski definition) is 4. The summed E-state index contributed by atoms with van der Waals surface area (Å²) in [6.45, 7) is 6.53. The number of hydrogen-bond acceptors (Lipinski definition) is 8. The van der Waals surface area contributed by atoms with Crippen LogP contribution >= 0.6 is 11.3 Å². The van der Waals surface area contributed by atoms with E-state index in [0.29, 0.717) is 44.1 Å². The van der Waals surface area contributed by atoms with Crippen LogP contribution in [-0.2, 0) is 10.3 Å². The van der Waals surface area contributed by atoms with Crippen molar-refractivity contribution in [3.8, 4) is 11.5 Å². The Balaban J connectivity index is 1.43. The Labute approximate surface area is 230 Å². The molecule has 8 nitrogen and oxygen atoms in total. The van der Waals surface area contributed by atoms with Crippen LogP contribution in [0.15, 0.2) is 60.7 Å². The molecule has 0 radical (unpaired) electrons. The number of thiophene rings is 1. The van der Waals surface area contributed by atoms with Crippen LogP contribution < -0.4 is 27.3 Å². The van der Waals surface area contributed by atoms with E-state index in [0.717, 1.165) is 29.9 Å². The first-order valence-corrected chi connectivity index (χ1v) is 13.8. The molecule has 1 fully saturated rings. The smallest absolute Gasteiger partial charge is 0.262 e. The van der Waals surface area contributed by atoms with Crippen LogP contribution in [0, 0.1) is 6.92 Å². The normalized spacial score (nSPS) is 21.1. The van der Waals surface area contributed by atoms with Crippen LogP contribution in [0.2, 0.25) is 0 Å². The number of benzene rings is 3. The van der Waals surface area contributed by atoms with Gasteiger partial charge in [0.1, 0.15) is 17.0 Å². The summed E-state index contributed by atoms with van der Waals surface area (Å²) in [5.74, 6) is 0.743. The maximum absolute atomic E-state index is 14.1. The number of ether oxygens (including phenoxy) is 1. The van der Waals surface area contributed by atoms with Crippen LogP contribution in [0.1, 0.15) is 44.9 Å². The second-order valence-corrected chi connectivity index (χ2v) is 11.3. The van der Waals surface area contributed by atoms with Crippen molar-refractivity contribution in [2.45, 2.75) is 31.5 Å². The number of Topliss-reactive ketones (excluding diaryl/α,β-unsaturated/α-hetero) is 1. The van der Waals surface area contributed by atoms with Gasteiger partial charge in [0.25, 0.3) is 5.91 Å². The van der Waals surface area contributed by atoms with Gasteiger partial charge in [-0.3, -0.25) is 14.5 Å². The Morgan fingerprint density at radius 1 is 1.10 bits per heavy atom. The number of nitrogens with two attached hydrogens (primary N) is 3. The van der Waals surface area contributed by atoms with E-state index in [9.17, 15) is 9.59 Å². The Morgan fingerprint density at radius 2 is 1.82 bits per heavy atom. The largest absolute Gasteiger partial charge is 0.457 e. The summed E-state index contributed by atoms with van der Waals surface area (Å²) in [5, 5.41) is 3.80. The topological polar surface area (TPSA) is 137 Å². The Morgan fingerprint density at radius 3 is 2.51 bits per heavy atom. The van der Waals surface area contributed by atoms with Crippen molar-refractivity contribution < 1.29 is 14.3 Å². The molecule has 2 unspecified atom stereocenters. The predicted octanol–water partition coefficient (Wildman–Crippen LogP) is 3.80. The van der Waals surface area contributed by atoms with Crippen molar-refractivity contribution in [1.82, 2.24) is 10.2 Å². The number of para-hydroxylation sites is 1. The zero-order chi connectivity index (χ0) is 27.5. The van der Waals surface area contributed by atoms with Gasteiger partial charge in [0.15, 0.2) is 5.78 Å². The fraction of sp³-hybridized carbons (Fsp3) is 0.267. The number of nitrogens with one attached hydrogen (secondary N) is 1. The summed E-state index contributed by atoms with van der Waals surface area (Å²) in [7, 11) is 0. The minimum atomic E-state index is -1.52. The molecule has 2 heterocycles. The molecule has 39 heavy (non-hydrogen) atoms. The average Bonchev–Trinajstić information content (AvgIpc) is 3.31. The fourth-order valence-corrected chi connectivity index (χ4v) is 6.97. The third kappa shape index (κ3) is 4.01. The van der Waals surface area contributed by atoms with Crippen molar-refractivity contribution in [1.29, 1.82) is 0 Å². The number of rotatable bonds is 6. The highest BCUT2D eigenvalue weighted by molar-refractivity contribution is 7.21. The summed E-state index contributed by atoms with van der Waals surface area (Å²) in [6.07, 6.45) is 0. The quantitative estimate of drug-likeness (QED) is 0.273. The van der Waals surface area contributed by atoms with Gasteiger partial charge in [-0.05, 0) is 60.5 Å². The third-order valence-electron chi connectivity index (χ3n) is 7.86. The average molecular weight is 542 g/mol. The number of carbonyl (C=O) groups excluding carboxylic acids is 2. The molecule has 1 aliphatic carbocycles. The van der Waals surface area contributed by atoms with Gasteiger partial charge in [-0.1, -0.05) is 37.3 Å². The Hall–Kier alpha value is -3.76. The van der Waals surface area contributed by atoms with E-state index in [1.165, 1.54) is 11.3 Å². The molecular weight excluding hydrogens is 510 g/mol. The molecular formula is C30H31N5O3S. The summed E-state index contributed by atoms with van der Waals surface area (Å²) >= 11 is 1.27. The van der Waals surface area contributed by atoms with E-state index in [1.54, 1.807) is 18.2 Å². The number of likely N-dealkylation sites (N-methyl/N-ethyl adjacent to an activating group) is 1.